The van der Waals surface area contributed by atoms with E-state index >= 15 is 0 Å². The molecule has 156 valence electrons. The summed E-state index contributed by atoms with van der Waals surface area (Å²) < 4.78 is 3.44. The molecule has 0 N–H and O–H groups in total. The Bertz CT molecular complexity index is 1050. The van der Waals surface area contributed by atoms with Crippen LogP contribution in [-0.4, -0.2) is 33.2 Å². The van der Waals surface area contributed by atoms with Gasteiger partial charge in [0.05, 0.1) is 5.69 Å². The minimum Gasteiger partial charge on any atom is -0.335 e. The van der Waals surface area contributed by atoms with Gasteiger partial charge in [-0.05, 0) is 60.8 Å². The van der Waals surface area contributed by atoms with Gasteiger partial charge in [0.2, 0.25) is 0 Å². The Morgan fingerprint density at radius 3 is 2.53 bits per heavy atom. The number of nitrogens with zero attached hydrogens (tertiary/aromatic N) is 3. The summed E-state index contributed by atoms with van der Waals surface area (Å²) >= 11 is 8.74. The predicted molar refractivity (Wildman–Crippen MR) is 127 cm³/mol. The topological polar surface area (TPSA) is 38.1 Å². The maximum Gasteiger partial charge on any atom is 0.254 e. The van der Waals surface area contributed by atoms with Crippen molar-refractivity contribution in [3.63, 3.8) is 0 Å². The van der Waals surface area contributed by atoms with Gasteiger partial charge in [-0.15, -0.1) is 5.10 Å². The molecule has 3 aromatic rings. The summed E-state index contributed by atoms with van der Waals surface area (Å²) in [6, 6.07) is 18.4. The number of hydrogen-bond donors (Lipinski definition) is 0. The van der Waals surface area contributed by atoms with Crippen molar-refractivity contribution in [3.05, 3.63) is 69.7 Å². The highest BCUT2D eigenvalue weighted by atomic mass is 32.2. The molecule has 4 rings (SSSR count). The number of rotatable bonds is 8. The number of hydrogen-bond acceptors (Lipinski definition) is 5. The van der Waals surface area contributed by atoms with E-state index in [4.69, 9.17) is 12.2 Å². The van der Waals surface area contributed by atoms with Crippen LogP contribution in [0.2, 0.25) is 0 Å². The summed E-state index contributed by atoms with van der Waals surface area (Å²) in [4.78, 5) is 15.0. The van der Waals surface area contributed by atoms with E-state index in [2.05, 4.69) is 31.1 Å². The van der Waals surface area contributed by atoms with Crippen LogP contribution < -0.4 is 0 Å². The Morgan fingerprint density at radius 2 is 1.90 bits per heavy atom. The third-order valence-corrected chi connectivity index (χ3v) is 7.34. The van der Waals surface area contributed by atoms with E-state index in [1.165, 1.54) is 16.9 Å². The molecule has 1 saturated carbocycles. The average molecular weight is 456 g/mol. The van der Waals surface area contributed by atoms with Gasteiger partial charge < -0.3 is 4.90 Å². The summed E-state index contributed by atoms with van der Waals surface area (Å²) in [5, 5.41) is 4.68. The highest BCUT2D eigenvalue weighted by Crippen LogP contribution is 2.30. The number of amides is 1. The fourth-order valence-electron chi connectivity index (χ4n) is 3.29. The van der Waals surface area contributed by atoms with Crippen LogP contribution in [0.5, 0.6) is 0 Å². The van der Waals surface area contributed by atoms with Crippen LogP contribution in [0.4, 0.5) is 0 Å². The zero-order chi connectivity index (χ0) is 21.1. The quantitative estimate of drug-likeness (QED) is 0.299. The van der Waals surface area contributed by atoms with Crippen LogP contribution >= 0.6 is 35.3 Å². The van der Waals surface area contributed by atoms with Crippen molar-refractivity contribution in [3.8, 4) is 5.69 Å². The van der Waals surface area contributed by atoms with Gasteiger partial charge in [0.1, 0.15) is 0 Å². The fraction of sp³-hybridized carbons (Fsp3) is 0.348. The molecular formula is C23H25N3OS3. The van der Waals surface area contributed by atoms with Gasteiger partial charge in [0, 0.05) is 23.9 Å². The van der Waals surface area contributed by atoms with Gasteiger partial charge in [0.15, 0.2) is 8.29 Å². The summed E-state index contributed by atoms with van der Waals surface area (Å²) in [5.41, 5.74) is 2.88. The zero-order valence-corrected chi connectivity index (χ0v) is 19.6. The van der Waals surface area contributed by atoms with Crippen molar-refractivity contribution in [2.24, 2.45) is 5.92 Å². The van der Waals surface area contributed by atoms with Crippen molar-refractivity contribution >= 4 is 41.2 Å². The lowest BCUT2D eigenvalue weighted by Gasteiger charge is -2.24. The highest BCUT2D eigenvalue weighted by Gasteiger charge is 2.33. The van der Waals surface area contributed by atoms with E-state index in [0.29, 0.717) is 15.9 Å². The zero-order valence-electron chi connectivity index (χ0n) is 17.2. The summed E-state index contributed by atoms with van der Waals surface area (Å²) in [5.74, 6) is 1.45. The van der Waals surface area contributed by atoms with Gasteiger partial charge in [-0.2, -0.15) is 0 Å². The SMILES string of the molecule is CC(C)CN(C(=O)c1ccc(-n2nc(SCc3ccccc3)sc2=S)cc1)C1CC1. The van der Waals surface area contributed by atoms with Crippen LogP contribution in [0.15, 0.2) is 58.9 Å². The van der Waals surface area contributed by atoms with Crippen LogP contribution in [0.3, 0.4) is 0 Å². The Hall–Kier alpha value is -1.96. The molecule has 0 spiro atoms. The van der Waals surface area contributed by atoms with Gasteiger partial charge >= 0.3 is 0 Å². The van der Waals surface area contributed by atoms with E-state index in [-0.39, 0.29) is 5.91 Å². The lowest BCUT2D eigenvalue weighted by molar-refractivity contribution is 0.0722. The molecule has 0 bridgehead atoms. The first-order valence-electron chi connectivity index (χ1n) is 10.2. The molecule has 1 heterocycles. The van der Waals surface area contributed by atoms with E-state index in [1.54, 1.807) is 16.4 Å². The lowest BCUT2D eigenvalue weighted by atomic mass is 10.1. The number of benzene rings is 2. The standard InChI is InChI=1S/C23H25N3OS3/c1-16(2)14-25(19-12-13-19)21(27)18-8-10-20(11-9-18)26-23(28)30-22(24-26)29-15-17-6-4-3-5-7-17/h3-11,16,19H,12-15H2,1-2H3. The van der Waals surface area contributed by atoms with E-state index in [9.17, 15) is 4.79 Å². The molecular weight excluding hydrogens is 430 g/mol. The smallest absolute Gasteiger partial charge is 0.254 e. The number of thioether (sulfide) groups is 1. The van der Waals surface area contributed by atoms with E-state index in [1.807, 2.05) is 47.4 Å². The van der Waals surface area contributed by atoms with E-state index in [0.717, 1.165) is 40.7 Å². The normalized spacial score (nSPS) is 13.6. The van der Waals surface area contributed by atoms with Crippen molar-refractivity contribution in [1.29, 1.82) is 0 Å². The summed E-state index contributed by atoms with van der Waals surface area (Å²) in [7, 11) is 0. The molecule has 0 aliphatic heterocycles. The molecule has 0 atom stereocenters. The first kappa shape index (κ1) is 21.3. The first-order chi connectivity index (χ1) is 14.5. The third kappa shape index (κ3) is 5.20. The molecule has 1 aliphatic carbocycles. The molecule has 0 saturated heterocycles. The summed E-state index contributed by atoms with van der Waals surface area (Å²) in [6.07, 6.45) is 2.24. The molecule has 2 aromatic carbocycles. The second kappa shape index (κ2) is 9.45. The van der Waals surface area contributed by atoms with Gasteiger partial charge in [-0.25, -0.2) is 4.68 Å². The fourth-order valence-corrected chi connectivity index (χ4v) is 5.61. The maximum atomic E-state index is 13.0. The summed E-state index contributed by atoms with van der Waals surface area (Å²) in [6.45, 7) is 5.12. The Kier molecular flexibility index (Phi) is 6.71. The molecule has 1 amide bonds. The number of aromatic nitrogens is 2. The van der Waals surface area contributed by atoms with Crippen molar-refractivity contribution in [1.82, 2.24) is 14.7 Å². The van der Waals surface area contributed by atoms with Gasteiger partial charge in [0.25, 0.3) is 5.91 Å². The molecule has 1 fully saturated rings. The van der Waals surface area contributed by atoms with Gasteiger partial charge in [-0.1, -0.05) is 67.3 Å². The minimum atomic E-state index is 0.124. The first-order valence-corrected chi connectivity index (χ1v) is 12.4. The van der Waals surface area contributed by atoms with Crippen LogP contribution in [0.1, 0.15) is 42.6 Å². The molecule has 0 radical (unpaired) electrons. The molecule has 7 heteroatoms. The van der Waals surface area contributed by atoms with Crippen LogP contribution in [0, 0.1) is 9.87 Å². The van der Waals surface area contributed by atoms with E-state index < -0.39 is 0 Å². The van der Waals surface area contributed by atoms with Crippen molar-refractivity contribution in [2.45, 2.75) is 42.8 Å². The second-order valence-corrected chi connectivity index (χ2v) is 10.8. The second-order valence-electron chi connectivity index (χ2n) is 7.95. The van der Waals surface area contributed by atoms with Crippen molar-refractivity contribution < 1.29 is 4.79 Å². The Labute approximate surface area is 190 Å². The van der Waals surface area contributed by atoms with Gasteiger partial charge in [-0.3, -0.25) is 4.79 Å². The molecule has 0 unspecified atom stereocenters. The highest BCUT2D eigenvalue weighted by molar-refractivity contribution is 8.00. The molecule has 1 aromatic heterocycles. The maximum absolute atomic E-state index is 13.0. The number of carbonyl (C=O) groups is 1. The Morgan fingerprint density at radius 1 is 1.20 bits per heavy atom. The largest absolute Gasteiger partial charge is 0.335 e. The Balaban J connectivity index is 1.46. The van der Waals surface area contributed by atoms with Crippen LogP contribution in [0.25, 0.3) is 5.69 Å². The minimum absolute atomic E-state index is 0.124. The van der Waals surface area contributed by atoms with Crippen molar-refractivity contribution in [2.75, 3.05) is 6.54 Å². The molecule has 4 nitrogen and oxygen atoms in total. The third-order valence-electron chi connectivity index (χ3n) is 4.90. The average Bonchev–Trinajstić information content (AvgIpc) is 3.53. The molecule has 1 aliphatic rings. The number of carbonyl (C=O) groups excluding carboxylic acids is 1. The lowest BCUT2D eigenvalue weighted by Crippen LogP contribution is -2.36. The monoisotopic (exact) mass is 455 g/mol. The predicted octanol–water partition coefficient (Wildman–Crippen LogP) is 6.22. The molecule has 30 heavy (non-hydrogen) atoms. The van der Waals surface area contributed by atoms with Crippen LogP contribution in [-0.2, 0) is 5.75 Å².